The number of pyridine rings is 1. The molecule has 1 atom stereocenters. The van der Waals surface area contributed by atoms with Crippen LogP contribution in [0.4, 0.5) is 8.78 Å². The largest absolute Gasteiger partial charge is 0.388 e. The van der Waals surface area contributed by atoms with Crippen LogP contribution in [0.25, 0.3) is 0 Å². The molecule has 2 aromatic rings. The van der Waals surface area contributed by atoms with Crippen LogP contribution in [0.1, 0.15) is 17.2 Å². The highest BCUT2D eigenvalue weighted by atomic mass is 35.5. The molecule has 0 amide bonds. The van der Waals surface area contributed by atoms with E-state index >= 15 is 0 Å². The number of aliphatic hydroxyl groups is 1. The van der Waals surface area contributed by atoms with Gasteiger partial charge >= 0.3 is 0 Å². The first kappa shape index (κ1) is 12.9. The second kappa shape index (κ2) is 5.42. The van der Waals surface area contributed by atoms with Gasteiger partial charge < -0.3 is 5.11 Å². The summed E-state index contributed by atoms with van der Waals surface area (Å²) in [5.74, 6) is -1.03. The highest BCUT2D eigenvalue weighted by molar-refractivity contribution is 6.31. The minimum absolute atomic E-state index is 0.111. The fraction of sp³-hybridized carbons (Fsp3) is 0.154. The van der Waals surface area contributed by atoms with Crippen LogP contribution in [0, 0.1) is 11.6 Å². The quantitative estimate of drug-likeness (QED) is 0.927. The first-order valence-electron chi connectivity index (χ1n) is 5.29. The van der Waals surface area contributed by atoms with E-state index in [9.17, 15) is 13.9 Å². The zero-order valence-electron chi connectivity index (χ0n) is 9.28. The Hall–Kier alpha value is -1.52. The molecule has 2 nitrogen and oxygen atoms in total. The molecule has 0 saturated carbocycles. The van der Waals surface area contributed by atoms with Gasteiger partial charge in [0, 0.05) is 23.2 Å². The van der Waals surface area contributed by atoms with Gasteiger partial charge in [-0.2, -0.15) is 0 Å². The summed E-state index contributed by atoms with van der Waals surface area (Å²) in [7, 11) is 0. The second-order valence-electron chi connectivity index (χ2n) is 3.85. The summed E-state index contributed by atoms with van der Waals surface area (Å²) < 4.78 is 26.2. The van der Waals surface area contributed by atoms with E-state index in [-0.39, 0.29) is 17.0 Å². The molecule has 1 aromatic carbocycles. The number of aliphatic hydroxyl groups excluding tert-OH is 1. The van der Waals surface area contributed by atoms with Gasteiger partial charge in [-0.05, 0) is 23.8 Å². The van der Waals surface area contributed by atoms with E-state index in [1.165, 1.54) is 24.4 Å². The van der Waals surface area contributed by atoms with Crippen molar-refractivity contribution in [1.29, 1.82) is 0 Å². The number of hydrogen-bond acceptors (Lipinski definition) is 2. The lowest BCUT2D eigenvalue weighted by molar-refractivity contribution is 0.173. The summed E-state index contributed by atoms with van der Waals surface area (Å²) in [4.78, 5) is 3.60. The van der Waals surface area contributed by atoms with Gasteiger partial charge in [0.25, 0.3) is 0 Å². The molecule has 0 saturated heterocycles. The number of nitrogens with zero attached hydrogens (tertiary/aromatic N) is 1. The number of halogens is 3. The summed E-state index contributed by atoms with van der Waals surface area (Å²) in [6.07, 6.45) is 1.50. The van der Waals surface area contributed by atoms with Gasteiger partial charge in [-0.3, -0.25) is 4.98 Å². The minimum Gasteiger partial charge on any atom is -0.388 e. The first-order valence-corrected chi connectivity index (χ1v) is 5.67. The van der Waals surface area contributed by atoms with E-state index in [1.54, 1.807) is 0 Å². The normalized spacial score (nSPS) is 12.4. The lowest BCUT2D eigenvalue weighted by Gasteiger charge is -2.12. The maximum absolute atomic E-state index is 13.4. The van der Waals surface area contributed by atoms with E-state index in [1.807, 2.05) is 0 Å². The summed E-state index contributed by atoms with van der Waals surface area (Å²) in [6, 6.07) is 5.28. The molecule has 0 radical (unpaired) electrons. The van der Waals surface area contributed by atoms with E-state index in [0.717, 1.165) is 12.3 Å². The van der Waals surface area contributed by atoms with Crippen LogP contribution in [-0.2, 0) is 6.42 Å². The predicted molar refractivity (Wildman–Crippen MR) is 64.3 cm³/mol. The molecule has 1 unspecified atom stereocenters. The fourth-order valence-corrected chi connectivity index (χ4v) is 1.91. The van der Waals surface area contributed by atoms with E-state index in [0.29, 0.717) is 5.56 Å². The van der Waals surface area contributed by atoms with Crippen LogP contribution in [0.3, 0.4) is 0 Å². The molecule has 0 aliphatic rings. The van der Waals surface area contributed by atoms with Gasteiger partial charge in [-0.25, -0.2) is 8.78 Å². The third-order valence-electron chi connectivity index (χ3n) is 2.59. The molecule has 1 aromatic heterocycles. The SMILES string of the molecule is OC(Cc1ccc(F)cc1Cl)c1ccncc1F. The Kier molecular flexibility index (Phi) is 3.89. The Morgan fingerprint density at radius 1 is 1.28 bits per heavy atom. The topological polar surface area (TPSA) is 33.1 Å². The van der Waals surface area contributed by atoms with E-state index < -0.39 is 17.7 Å². The average Bonchev–Trinajstić information content (AvgIpc) is 2.33. The Morgan fingerprint density at radius 3 is 2.72 bits per heavy atom. The zero-order valence-corrected chi connectivity index (χ0v) is 10.0. The van der Waals surface area contributed by atoms with Gasteiger partial charge in [0.15, 0.2) is 0 Å². The fourth-order valence-electron chi connectivity index (χ4n) is 1.66. The summed E-state index contributed by atoms with van der Waals surface area (Å²) in [5.41, 5.74) is 0.701. The predicted octanol–water partition coefficient (Wildman–Crippen LogP) is 3.29. The molecule has 2 rings (SSSR count). The molecule has 5 heteroatoms. The summed E-state index contributed by atoms with van der Waals surface area (Å²) in [5, 5.41) is 10.1. The van der Waals surface area contributed by atoms with Crippen LogP contribution in [0.5, 0.6) is 0 Å². The molecule has 1 N–H and O–H groups in total. The van der Waals surface area contributed by atoms with Crippen LogP contribution < -0.4 is 0 Å². The van der Waals surface area contributed by atoms with Crippen molar-refractivity contribution in [1.82, 2.24) is 4.98 Å². The Labute approximate surface area is 108 Å². The van der Waals surface area contributed by atoms with E-state index in [4.69, 9.17) is 11.6 Å². The van der Waals surface area contributed by atoms with Gasteiger partial charge in [0.1, 0.15) is 11.6 Å². The van der Waals surface area contributed by atoms with Gasteiger partial charge in [0.05, 0.1) is 12.3 Å². The van der Waals surface area contributed by atoms with Crippen molar-refractivity contribution >= 4 is 11.6 Å². The lowest BCUT2D eigenvalue weighted by Crippen LogP contribution is -2.05. The van der Waals surface area contributed by atoms with Crippen LogP contribution >= 0.6 is 11.6 Å². The highest BCUT2D eigenvalue weighted by Crippen LogP contribution is 2.25. The smallest absolute Gasteiger partial charge is 0.147 e. The lowest BCUT2D eigenvalue weighted by atomic mass is 10.0. The molecular weight excluding hydrogens is 260 g/mol. The molecule has 0 bridgehead atoms. The number of hydrogen-bond donors (Lipinski definition) is 1. The standard InChI is InChI=1S/C13H10ClF2NO/c14-11-6-9(15)2-1-8(11)5-13(18)10-3-4-17-7-12(10)16/h1-4,6-7,13,18H,5H2. The Balaban J connectivity index is 2.21. The third-order valence-corrected chi connectivity index (χ3v) is 2.94. The number of aromatic nitrogens is 1. The third kappa shape index (κ3) is 2.83. The first-order chi connectivity index (χ1) is 8.58. The van der Waals surface area contributed by atoms with Crippen molar-refractivity contribution in [3.63, 3.8) is 0 Å². The Bertz CT molecular complexity index is 562. The van der Waals surface area contributed by atoms with Crippen molar-refractivity contribution in [3.8, 4) is 0 Å². The average molecular weight is 270 g/mol. The Morgan fingerprint density at radius 2 is 2.06 bits per heavy atom. The molecular formula is C13H10ClF2NO. The molecule has 0 fully saturated rings. The summed E-state index contributed by atoms with van der Waals surface area (Å²) in [6.45, 7) is 0. The van der Waals surface area contributed by atoms with Crippen molar-refractivity contribution in [2.75, 3.05) is 0 Å². The monoisotopic (exact) mass is 269 g/mol. The highest BCUT2D eigenvalue weighted by Gasteiger charge is 2.15. The molecule has 94 valence electrons. The van der Waals surface area contributed by atoms with Crippen molar-refractivity contribution in [2.45, 2.75) is 12.5 Å². The molecule has 0 aliphatic carbocycles. The molecule has 18 heavy (non-hydrogen) atoms. The second-order valence-corrected chi connectivity index (χ2v) is 4.26. The molecule has 0 spiro atoms. The number of benzene rings is 1. The maximum atomic E-state index is 13.4. The van der Waals surface area contributed by atoms with Crippen molar-refractivity contribution < 1.29 is 13.9 Å². The zero-order chi connectivity index (χ0) is 13.1. The van der Waals surface area contributed by atoms with Crippen molar-refractivity contribution in [3.05, 3.63) is 64.4 Å². The van der Waals surface area contributed by atoms with Crippen molar-refractivity contribution in [2.24, 2.45) is 0 Å². The van der Waals surface area contributed by atoms with Gasteiger partial charge in [-0.15, -0.1) is 0 Å². The summed E-state index contributed by atoms with van der Waals surface area (Å²) >= 11 is 5.84. The minimum atomic E-state index is -1.05. The molecule has 0 aliphatic heterocycles. The maximum Gasteiger partial charge on any atom is 0.147 e. The van der Waals surface area contributed by atoms with E-state index in [2.05, 4.69) is 4.98 Å². The molecule has 1 heterocycles. The van der Waals surface area contributed by atoms with Gasteiger partial charge in [-0.1, -0.05) is 17.7 Å². The number of rotatable bonds is 3. The van der Waals surface area contributed by atoms with Crippen LogP contribution in [0.15, 0.2) is 36.7 Å². The van der Waals surface area contributed by atoms with Crippen LogP contribution in [0.2, 0.25) is 5.02 Å². The van der Waals surface area contributed by atoms with Gasteiger partial charge in [0.2, 0.25) is 0 Å². The van der Waals surface area contributed by atoms with Crippen LogP contribution in [-0.4, -0.2) is 10.1 Å².